The van der Waals surface area contributed by atoms with E-state index in [0.29, 0.717) is 12.0 Å². The van der Waals surface area contributed by atoms with Crippen molar-refractivity contribution in [2.45, 2.75) is 38.6 Å². The van der Waals surface area contributed by atoms with Crippen LogP contribution in [0, 0.1) is 5.92 Å². The smallest absolute Gasteiger partial charge is 0.221 e. The summed E-state index contributed by atoms with van der Waals surface area (Å²) < 4.78 is 6.49. The molecule has 0 spiro atoms. The highest BCUT2D eigenvalue weighted by Crippen LogP contribution is 2.51. The van der Waals surface area contributed by atoms with E-state index in [2.05, 4.69) is 70.7 Å². The van der Waals surface area contributed by atoms with Crippen LogP contribution in [0.25, 0.3) is 11.1 Å². The van der Waals surface area contributed by atoms with Crippen molar-refractivity contribution in [3.05, 3.63) is 102 Å². The quantitative estimate of drug-likeness (QED) is 0.328. The van der Waals surface area contributed by atoms with Gasteiger partial charge in [0.1, 0.15) is 17.3 Å². The average molecular weight is 490 g/mol. The van der Waals surface area contributed by atoms with Gasteiger partial charge < -0.3 is 15.0 Å². The Morgan fingerprint density at radius 1 is 0.946 bits per heavy atom. The summed E-state index contributed by atoms with van der Waals surface area (Å²) in [6.07, 6.45) is 4.05. The van der Waals surface area contributed by atoms with Crippen molar-refractivity contribution in [3.8, 4) is 22.6 Å². The standard InChI is InChI=1S/C32H31N3O2/c1-21-19-24(16-18-35(21)31-13-7-8-17-33-31)32-26-10-4-6-12-29(26)37-30-20-23(14-15-27(30)32)25-9-3-5-11-28(25)34-22(2)36/h3-15,17,20-21,24,32H,16,18-19H2,1-2H3,(H,34,36). The maximum Gasteiger partial charge on any atom is 0.221 e. The first-order valence-electron chi connectivity index (χ1n) is 13.0. The molecule has 6 rings (SSSR count). The second-order valence-corrected chi connectivity index (χ2v) is 10.1. The molecular formula is C32H31N3O2. The third kappa shape index (κ3) is 4.46. The number of hydrogen-bond acceptors (Lipinski definition) is 4. The first-order valence-corrected chi connectivity index (χ1v) is 13.0. The third-order valence-electron chi connectivity index (χ3n) is 7.70. The van der Waals surface area contributed by atoms with Crippen molar-refractivity contribution in [2.24, 2.45) is 5.92 Å². The number of rotatable bonds is 4. The fourth-order valence-corrected chi connectivity index (χ4v) is 6.08. The molecule has 186 valence electrons. The van der Waals surface area contributed by atoms with Gasteiger partial charge in [0, 0.05) is 54.0 Å². The summed E-state index contributed by atoms with van der Waals surface area (Å²) in [6, 6.07) is 29.4. The number of amides is 1. The number of aromatic nitrogens is 1. The number of nitrogens with zero attached hydrogens (tertiary/aromatic N) is 2. The van der Waals surface area contributed by atoms with Crippen LogP contribution < -0.4 is 15.0 Å². The largest absolute Gasteiger partial charge is 0.457 e. The normalized spacial score (nSPS) is 20.4. The zero-order valence-electron chi connectivity index (χ0n) is 21.2. The van der Waals surface area contributed by atoms with Gasteiger partial charge in [-0.3, -0.25) is 4.79 Å². The van der Waals surface area contributed by atoms with Crippen LogP contribution in [0.5, 0.6) is 11.5 Å². The molecule has 1 aromatic heterocycles. The predicted molar refractivity (Wildman–Crippen MR) is 148 cm³/mol. The number of piperidine rings is 1. The Balaban J connectivity index is 1.35. The molecule has 5 nitrogen and oxygen atoms in total. The predicted octanol–water partition coefficient (Wildman–Crippen LogP) is 7.25. The molecule has 3 heterocycles. The molecule has 0 radical (unpaired) electrons. The fraction of sp³-hybridized carbons (Fsp3) is 0.250. The van der Waals surface area contributed by atoms with E-state index in [9.17, 15) is 4.79 Å². The SMILES string of the molecule is CC(=O)Nc1ccccc1-c1ccc2c(c1)Oc1ccccc1C2C1CCN(c2ccccn2)C(C)C1. The summed E-state index contributed by atoms with van der Waals surface area (Å²) in [7, 11) is 0. The van der Waals surface area contributed by atoms with Gasteiger partial charge in [-0.25, -0.2) is 4.98 Å². The second kappa shape index (κ2) is 9.74. The van der Waals surface area contributed by atoms with Crippen LogP contribution in [-0.4, -0.2) is 23.5 Å². The Morgan fingerprint density at radius 2 is 1.73 bits per heavy atom. The monoisotopic (exact) mass is 489 g/mol. The molecule has 1 fully saturated rings. The molecule has 1 saturated heterocycles. The van der Waals surface area contributed by atoms with Gasteiger partial charge in [-0.1, -0.05) is 54.6 Å². The number of carbonyl (C=O) groups excluding carboxylic acids is 1. The molecule has 1 N–H and O–H groups in total. The van der Waals surface area contributed by atoms with Gasteiger partial charge >= 0.3 is 0 Å². The van der Waals surface area contributed by atoms with Gasteiger partial charge in [-0.05, 0) is 61.6 Å². The van der Waals surface area contributed by atoms with E-state index >= 15 is 0 Å². The van der Waals surface area contributed by atoms with Crippen molar-refractivity contribution >= 4 is 17.4 Å². The minimum absolute atomic E-state index is 0.0817. The molecule has 5 heteroatoms. The number of hydrogen-bond donors (Lipinski definition) is 1. The third-order valence-corrected chi connectivity index (χ3v) is 7.70. The minimum atomic E-state index is -0.0817. The van der Waals surface area contributed by atoms with Crippen LogP contribution in [0.4, 0.5) is 11.5 Å². The van der Waals surface area contributed by atoms with Crippen LogP contribution in [-0.2, 0) is 4.79 Å². The molecular weight excluding hydrogens is 458 g/mol. The Bertz CT molecular complexity index is 1440. The van der Waals surface area contributed by atoms with Crippen molar-refractivity contribution in [1.82, 2.24) is 4.98 Å². The number of anilines is 2. The fourth-order valence-electron chi connectivity index (χ4n) is 6.08. The highest BCUT2D eigenvalue weighted by atomic mass is 16.5. The minimum Gasteiger partial charge on any atom is -0.457 e. The summed E-state index contributed by atoms with van der Waals surface area (Å²) in [5.74, 6) is 3.58. The number of carbonyl (C=O) groups is 1. The molecule has 2 aliphatic rings. The molecule has 3 aromatic carbocycles. The summed E-state index contributed by atoms with van der Waals surface area (Å²) in [6.45, 7) is 4.84. The van der Waals surface area contributed by atoms with E-state index in [1.807, 2.05) is 42.6 Å². The lowest BCUT2D eigenvalue weighted by molar-refractivity contribution is -0.114. The Labute approximate surface area is 218 Å². The maximum absolute atomic E-state index is 11.8. The topological polar surface area (TPSA) is 54.5 Å². The number of para-hydroxylation sites is 2. The Kier molecular flexibility index (Phi) is 6.13. The lowest BCUT2D eigenvalue weighted by Crippen LogP contribution is -2.43. The average Bonchev–Trinajstić information content (AvgIpc) is 2.92. The molecule has 0 saturated carbocycles. The van der Waals surface area contributed by atoms with Crippen molar-refractivity contribution < 1.29 is 9.53 Å². The van der Waals surface area contributed by atoms with E-state index in [0.717, 1.165) is 53.5 Å². The zero-order chi connectivity index (χ0) is 25.4. The Morgan fingerprint density at radius 3 is 2.54 bits per heavy atom. The maximum atomic E-state index is 11.8. The highest BCUT2D eigenvalue weighted by Gasteiger charge is 2.37. The molecule has 0 aliphatic carbocycles. The van der Waals surface area contributed by atoms with E-state index in [1.165, 1.54) is 18.1 Å². The van der Waals surface area contributed by atoms with Gasteiger partial charge in [-0.2, -0.15) is 0 Å². The summed E-state index contributed by atoms with van der Waals surface area (Å²) in [4.78, 5) is 18.8. The van der Waals surface area contributed by atoms with Gasteiger partial charge in [0.25, 0.3) is 0 Å². The number of ether oxygens (including phenoxy) is 1. The molecule has 0 bridgehead atoms. The summed E-state index contributed by atoms with van der Waals surface area (Å²) in [5.41, 5.74) is 5.32. The number of nitrogens with one attached hydrogen (secondary N) is 1. The van der Waals surface area contributed by atoms with Crippen LogP contribution in [0.3, 0.4) is 0 Å². The van der Waals surface area contributed by atoms with Gasteiger partial charge in [0.15, 0.2) is 0 Å². The van der Waals surface area contributed by atoms with Crippen LogP contribution in [0.1, 0.15) is 43.7 Å². The summed E-state index contributed by atoms with van der Waals surface area (Å²) >= 11 is 0. The van der Waals surface area contributed by atoms with Gasteiger partial charge in [0.2, 0.25) is 5.91 Å². The number of benzene rings is 3. The summed E-state index contributed by atoms with van der Waals surface area (Å²) in [5, 5.41) is 2.96. The van der Waals surface area contributed by atoms with Crippen LogP contribution >= 0.6 is 0 Å². The van der Waals surface area contributed by atoms with Crippen molar-refractivity contribution in [3.63, 3.8) is 0 Å². The first kappa shape index (κ1) is 23.3. The van der Waals surface area contributed by atoms with Crippen molar-refractivity contribution in [1.29, 1.82) is 0 Å². The Hall–Kier alpha value is -4.12. The van der Waals surface area contributed by atoms with Gasteiger partial charge in [-0.15, -0.1) is 0 Å². The van der Waals surface area contributed by atoms with E-state index in [1.54, 1.807) is 0 Å². The van der Waals surface area contributed by atoms with Crippen LogP contribution in [0.15, 0.2) is 91.1 Å². The first-order chi connectivity index (χ1) is 18.1. The second-order valence-electron chi connectivity index (χ2n) is 10.1. The van der Waals surface area contributed by atoms with Crippen molar-refractivity contribution in [2.75, 3.05) is 16.8 Å². The number of fused-ring (bicyclic) bond motifs is 2. The zero-order valence-corrected chi connectivity index (χ0v) is 21.2. The van der Waals surface area contributed by atoms with E-state index in [-0.39, 0.29) is 11.8 Å². The van der Waals surface area contributed by atoms with E-state index in [4.69, 9.17) is 4.74 Å². The molecule has 3 unspecified atom stereocenters. The molecule has 1 amide bonds. The lowest BCUT2D eigenvalue weighted by atomic mass is 9.73. The highest BCUT2D eigenvalue weighted by molar-refractivity contribution is 5.94. The van der Waals surface area contributed by atoms with Crippen LogP contribution in [0.2, 0.25) is 0 Å². The van der Waals surface area contributed by atoms with Gasteiger partial charge in [0.05, 0.1) is 0 Å². The molecule has 37 heavy (non-hydrogen) atoms. The lowest BCUT2D eigenvalue weighted by Gasteiger charge is -2.43. The molecule has 3 atom stereocenters. The number of pyridine rings is 1. The van der Waals surface area contributed by atoms with E-state index < -0.39 is 0 Å². The molecule has 2 aliphatic heterocycles. The molecule has 4 aromatic rings.